The Kier molecular flexibility index (Phi) is 4.55. The van der Waals surface area contributed by atoms with Gasteiger partial charge in [-0.3, -0.25) is 14.8 Å². The maximum absolute atomic E-state index is 12.9. The van der Waals surface area contributed by atoms with Crippen LogP contribution in [0.25, 0.3) is 10.9 Å². The van der Waals surface area contributed by atoms with Gasteiger partial charge in [0.15, 0.2) is 0 Å². The lowest BCUT2D eigenvalue weighted by Crippen LogP contribution is -2.14. The Labute approximate surface area is 160 Å². The van der Waals surface area contributed by atoms with Crippen molar-refractivity contribution in [1.29, 1.82) is 0 Å². The number of fused-ring (bicyclic) bond motifs is 1. The Hall–Kier alpha value is -4.00. The summed E-state index contributed by atoms with van der Waals surface area (Å²) < 4.78 is 1.93. The quantitative estimate of drug-likeness (QED) is 0.559. The number of aromatic carboxylic acids is 1. The van der Waals surface area contributed by atoms with E-state index < -0.39 is 5.97 Å². The predicted molar refractivity (Wildman–Crippen MR) is 104 cm³/mol. The summed E-state index contributed by atoms with van der Waals surface area (Å²) >= 11 is 0. The van der Waals surface area contributed by atoms with Gasteiger partial charge in [0.25, 0.3) is 5.91 Å². The molecule has 0 fully saturated rings. The number of carbonyl (C=O) groups is 2. The molecule has 4 aromatic rings. The maximum Gasteiger partial charge on any atom is 0.337 e. The molecule has 0 atom stereocenters. The minimum Gasteiger partial charge on any atom is -0.478 e. The van der Waals surface area contributed by atoms with E-state index in [2.05, 4.69) is 15.3 Å². The summed E-state index contributed by atoms with van der Waals surface area (Å²) in [5.41, 5.74) is 2.40. The number of anilines is 1. The molecular weight excluding hydrogens is 356 g/mol. The third-order valence-electron chi connectivity index (χ3n) is 4.39. The molecule has 2 aromatic heterocycles. The lowest BCUT2D eigenvalue weighted by atomic mass is 10.1. The number of amides is 1. The fourth-order valence-corrected chi connectivity index (χ4v) is 3.11. The second kappa shape index (κ2) is 7.32. The van der Waals surface area contributed by atoms with E-state index in [1.54, 1.807) is 43.0 Å². The molecule has 0 aliphatic heterocycles. The monoisotopic (exact) mass is 372 g/mol. The van der Waals surface area contributed by atoms with Gasteiger partial charge in [-0.25, -0.2) is 4.79 Å². The van der Waals surface area contributed by atoms with Gasteiger partial charge in [0, 0.05) is 29.5 Å². The highest BCUT2D eigenvalue weighted by Crippen LogP contribution is 2.24. The Morgan fingerprint density at radius 1 is 1.00 bits per heavy atom. The number of carboxylic acid groups (broad SMARTS) is 1. The largest absolute Gasteiger partial charge is 0.478 e. The zero-order chi connectivity index (χ0) is 19.5. The Morgan fingerprint density at radius 3 is 2.57 bits per heavy atom. The molecule has 0 saturated heterocycles. The minimum atomic E-state index is -1.10. The van der Waals surface area contributed by atoms with Crippen molar-refractivity contribution in [1.82, 2.24) is 14.5 Å². The number of benzene rings is 2. The molecule has 0 aliphatic carbocycles. The highest BCUT2D eigenvalue weighted by molar-refractivity contribution is 6.14. The number of carbonyl (C=O) groups excluding carboxylic acids is 1. The molecule has 0 unspecified atom stereocenters. The number of carboxylic acids is 1. The number of aromatic nitrogens is 3. The van der Waals surface area contributed by atoms with Crippen LogP contribution in [0.5, 0.6) is 0 Å². The summed E-state index contributed by atoms with van der Waals surface area (Å²) in [6, 6.07) is 13.9. The van der Waals surface area contributed by atoms with E-state index >= 15 is 0 Å². The number of hydrogen-bond acceptors (Lipinski definition) is 4. The summed E-state index contributed by atoms with van der Waals surface area (Å²) in [5, 5.41) is 12.8. The summed E-state index contributed by atoms with van der Waals surface area (Å²) in [6.07, 6.45) is 6.66. The third kappa shape index (κ3) is 3.33. The van der Waals surface area contributed by atoms with Crippen LogP contribution in [0.3, 0.4) is 0 Å². The maximum atomic E-state index is 12.9. The molecular formula is C21H16N4O3. The third-order valence-corrected chi connectivity index (χ3v) is 4.39. The molecule has 0 spiro atoms. The van der Waals surface area contributed by atoms with Gasteiger partial charge in [-0.2, -0.15) is 0 Å². The van der Waals surface area contributed by atoms with Gasteiger partial charge >= 0.3 is 5.97 Å². The normalized spacial score (nSPS) is 10.7. The number of para-hydroxylation sites is 2. The topological polar surface area (TPSA) is 97.1 Å². The molecule has 0 bridgehead atoms. The van der Waals surface area contributed by atoms with E-state index in [4.69, 9.17) is 0 Å². The molecule has 7 heteroatoms. The standard InChI is InChI=1S/C21H16N4O3/c26-20(24-18-7-3-1-6-16(18)21(27)28)17-13-25(12-14-11-22-9-10-23-14)19-8-4-2-5-15(17)19/h1-11,13H,12H2,(H,24,26)(H,27,28). The van der Waals surface area contributed by atoms with E-state index in [9.17, 15) is 14.7 Å². The number of nitrogens with zero attached hydrogens (tertiary/aromatic N) is 3. The Bertz CT molecular complexity index is 1170. The van der Waals surface area contributed by atoms with Crippen LogP contribution in [-0.2, 0) is 6.54 Å². The fourth-order valence-electron chi connectivity index (χ4n) is 3.11. The predicted octanol–water partition coefficient (Wildman–Crippen LogP) is 3.43. The molecule has 7 nitrogen and oxygen atoms in total. The first kappa shape index (κ1) is 17.4. The van der Waals surface area contributed by atoms with Gasteiger partial charge in [-0.15, -0.1) is 0 Å². The Morgan fingerprint density at radius 2 is 1.79 bits per heavy atom. The average Bonchev–Trinajstić information content (AvgIpc) is 3.08. The molecule has 28 heavy (non-hydrogen) atoms. The number of rotatable bonds is 5. The second-order valence-corrected chi connectivity index (χ2v) is 6.19. The number of hydrogen-bond donors (Lipinski definition) is 2. The summed E-state index contributed by atoms with van der Waals surface area (Å²) in [5.74, 6) is -1.47. The molecule has 0 radical (unpaired) electrons. The highest BCUT2D eigenvalue weighted by atomic mass is 16.4. The molecule has 0 aliphatic rings. The molecule has 4 rings (SSSR count). The summed E-state index contributed by atoms with van der Waals surface area (Å²) in [4.78, 5) is 32.7. The molecule has 2 heterocycles. The molecule has 0 saturated carbocycles. The van der Waals surface area contributed by atoms with Crippen LogP contribution >= 0.6 is 0 Å². The van der Waals surface area contributed by atoms with E-state index in [0.29, 0.717) is 12.1 Å². The van der Waals surface area contributed by atoms with Crippen molar-refractivity contribution < 1.29 is 14.7 Å². The van der Waals surface area contributed by atoms with Gasteiger partial charge in [0.2, 0.25) is 0 Å². The lowest BCUT2D eigenvalue weighted by molar-refractivity contribution is 0.0698. The smallest absolute Gasteiger partial charge is 0.337 e. The molecule has 2 N–H and O–H groups in total. The average molecular weight is 372 g/mol. The lowest BCUT2D eigenvalue weighted by Gasteiger charge is -2.07. The van der Waals surface area contributed by atoms with E-state index in [1.165, 1.54) is 6.07 Å². The first-order valence-corrected chi connectivity index (χ1v) is 8.60. The first-order valence-electron chi connectivity index (χ1n) is 8.60. The van der Waals surface area contributed by atoms with Crippen molar-refractivity contribution in [2.75, 3.05) is 5.32 Å². The van der Waals surface area contributed by atoms with Crippen molar-refractivity contribution in [3.05, 3.63) is 90.1 Å². The second-order valence-electron chi connectivity index (χ2n) is 6.19. The zero-order valence-corrected chi connectivity index (χ0v) is 14.7. The van der Waals surface area contributed by atoms with Crippen LogP contribution in [0, 0.1) is 0 Å². The summed E-state index contributed by atoms with van der Waals surface area (Å²) in [6.45, 7) is 0.466. The number of nitrogens with one attached hydrogen (secondary N) is 1. The van der Waals surface area contributed by atoms with E-state index in [1.807, 2.05) is 28.8 Å². The molecule has 138 valence electrons. The highest BCUT2D eigenvalue weighted by Gasteiger charge is 2.18. The van der Waals surface area contributed by atoms with Gasteiger partial charge in [0.05, 0.1) is 35.2 Å². The van der Waals surface area contributed by atoms with Gasteiger partial charge < -0.3 is 15.0 Å². The fraction of sp³-hybridized carbons (Fsp3) is 0.0476. The van der Waals surface area contributed by atoms with Crippen molar-refractivity contribution >= 4 is 28.5 Å². The van der Waals surface area contributed by atoms with Crippen molar-refractivity contribution in [3.63, 3.8) is 0 Å². The van der Waals surface area contributed by atoms with E-state index in [-0.39, 0.29) is 17.2 Å². The minimum absolute atomic E-state index is 0.0409. The van der Waals surface area contributed by atoms with Crippen LogP contribution in [0.1, 0.15) is 26.4 Å². The van der Waals surface area contributed by atoms with Crippen LogP contribution in [-0.4, -0.2) is 31.5 Å². The Balaban J connectivity index is 1.71. The van der Waals surface area contributed by atoms with E-state index in [0.717, 1.165) is 16.6 Å². The van der Waals surface area contributed by atoms with Gasteiger partial charge in [-0.1, -0.05) is 30.3 Å². The van der Waals surface area contributed by atoms with Gasteiger partial charge in [0.1, 0.15) is 0 Å². The van der Waals surface area contributed by atoms with Gasteiger partial charge in [-0.05, 0) is 18.2 Å². The van der Waals surface area contributed by atoms with Crippen LogP contribution in [0.4, 0.5) is 5.69 Å². The zero-order valence-electron chi connectivity index (χ0n) is 14.7. The SMILES string of the molecule is O=C(O)c1ccccc1NC(=O)c1cn(Cc2cnccn2)c2ccccc12. The van der Waals surface area contributed by atoms with Crippen molar-refractivity contribution in [2.24, 2.45) is 0 Å². The van der Waals surface area contributed by atoms with Crippen molar-refractivity contribution in [2.45, 2.75) is 6.54 Å². The molecule has 2 aromatic carbocycles. The molecule has 1 amide bonds. The van der Waals surface area contributed by atoms with Crippen LogP contribution in [0.2, 0.25) is 0 Å². The van der Waals surface area contributed by atoms with Crippen LogP contribution < -0.4 is 5.32 Å². The summed E-state index contributed by atoms with van der Waals surface area (Å²) in [7, 11) is 0. The van der Waals surface area contributed by atoms with Crippen LogP contribution in [0.15, 0.2) is 73.3 Å². The first-order chi connectivity index (χ1) is 13.6. The van der Waals surface area contributed by atoms with Crippen molar-refractivity contribution in [3.8, 4) is 0 Å².